The quantitative estimate of drug-likeness (QED) is 0.749. The number of nitrogens with one attached hydrogen (secondary N) is 1. The summed E-state index contributed by atoms with van der Waals surface area (Å²) in [7, 11) is 1.53. The fourth-order valence-corrected chi connectivity index (χ4v) is 4.86. The van der Waals surface area contributed by atoms with Crippen molar-refractivity contribution in [3.05, 3.63) is 39.0 Å². The first-order chi connectivity index (χ1) is 15.4. The molecule has 1 aromatic carbocycles. The van der Waals surface area contributed by atoms with Gasteiger partial charge in [-0.15, -0.1) is 0 Å². The maximum Gasteiger partial charge on any atom is 0.328 e. The summed E-state index contributed by atoms with van der Waals surface area (Å²) in [6.45, 7) is 4.29. The average molecular weight is 443 g/mol. The molecule has 2 aliphatic rings. The number of aromatic amines is 1. The minimum Gasteiger partial charge on any atom is -0.497 e. The predicted molar refractivity (Wildman–Crippen MR) is 120 cm³/mol. The lowest BCUT2D eigenvalue weighted by atomic mass is 9.81. The molecule has 1 saturated carbocycles. The van der Waals surface area contributed by atoms with Crippen LogP contribution in [0, 0.1) is 11.8 Å². The number of piperazine rings is 1. The maximum absolute atomic E-state index is 12.9. The van der Waals surface area contributed by atoms with Gasteiger partial charge in [-0.1, -0.05) is 0 Å². The highest BCUT2D eigenvalue weighted by atomic mass is 16.5. The number of likely N-dealkylation sites (N-methyl/N-ethyl adjacent to an activating group) is 1. The lowest BCUT2D eigenvalue weighted by molar-refractivity contribution is -0.148. The molecule has 4 rings (SSSR count). The van der Waals surface area contributed by atoms with E-state index in [-0.39, 0.29) is 35.8 Å². The Bertz CT molecular complexity index is 1130. The molecule has 1 aliphatic heterocycles. The lowest BCUT2D eigenvalue weighted by Gasteiger charge is -2.37. The number of aromatic nitrogens is 2. The van der Waals surface area contributed by atoms with Crippen molar-refractivity contribution in [2.45, 2.75) is 39.2 Å². The fourth-order valence-electron chi connectivity index (χ4n) is 4.86. The minimum absolute atomic E-state index is 0.00678. The molecule has 0 spiro atoms. The standard InChI is InChI=1S/C23H30N4O5/c1-3-25-10-11-26(14-20(25)28)21(29)16-6-4-15(5-7-16)13-27-22(30)18-12-17(32-2)8-9-19(18)24-23(27)31/h8-9,12,15-16H,3-7,10-11,13-14H2,1-2H3,(H,24,31). The van der Waals surface area contributed by atoms with Crippen molar-refractivity contribution in [2.75, 3.05) is 33.3 Å². The number of H-pyrrole nitrogens is 1. The second-order valence-corrected chi connectivity index (χ2v) is 8.71. The monoisotopic (exact) mass is 442 g/mol. The summed E-state index contributed by atoms with van der Waals surface area (Å²) in [6.07, 6.45) is 2.95. The topological polar surface area (TPSA) is 105 Å². The van der Waals surface area contributed by atoms with Gasteiger partial charge < -0.3 is 19.5 Å². The number of nitrogens with zero attached hydrogens (tertiary/aromatic N) is 3. The van der Waals surface area contributed by atoms with Gasteiger partial charge in [-0.3, -0.25) is 19.0 Å². The van der Waals surface area contributed by atoms with E-state index in [1.165, 1.54) is 11.7 Å². The molecule has 1 aromatic heterocycles. The predicted octanol–water partition coefficient (Wildman–Crippen LogP) is 1.20. The molecule has 2 aromatic rings. The van der Waals surface area contributed by atoms with Crippen LogP contribution in [0.5, 0.6) is 5.75 Å². The van der Waals surface area contributed by atoms with Gasteiger partial charge in [-0.05, 0) is 56.7 Å². The molecule has 0 radical (unpaired) electrons. The first-order valence-electron chi connectivity index (χ1n) is 11.3. The Morgan fingerprint density at radius 3 is 2.53 bits per heavy atom. The third kappa shape index (κ3) is 4.28. The average Bonchev–Trinajstić information content (AvgIpc) is 2.81. The number of ether oxygens (including phenoxy) is 1. The molecular weight excluding hydrogens is 412 g/mol. The van der Waals surface area contributed by atoms with Gasteiger partial charge in [0.1, 0.15) is 5.75 Å². The molecule has 1 saturated heterocycles. The molecule has 2 fully saturated rings. The van der Waals surface area contributed by atoms with Gasteiger partial charge in [0, 0.05) is 32.1 Å². The molecule has 9 nitrogen and oxygen atoms in total. The first-order valence-corrected chi connectivity index (χ1v) is 11.3. The number of carbonyl (C=O) groups excluding carboxylic acids is 2. The number of hydrogen-bond donors (Lipinski definition) is 1. The van der Waals surface area contributed by atoms with Crippen LogP contribution in [-0.2, 0) is 16.1 Å². The highest BCUT2D eigenvalue weighted by molar-refractivity contribution is 5.87. The van der Waals surface area contributed by atoms with E-state index in [2.05, 4.69) is 4.98 Å². The number of hydrogen-bond acceptors (Lipinski definition) is 5. The Morgan fingerprint density at radius 2 is 1.88 bits per heavy atom. The van der Waals surface area contributed by atoms with Crippen LogP contribution in [-0.4, -0.2) is 64.5 Å². The molecular formula is C23H30N4O5. The van der Waals surface area contributed by atoms with Gasteiger partial charge in [-0.25, -0.2) is 4.79 Å². The minimum atomic E-state index is -0.418. The summed E-state index contributed by atoms with van der Waals surface area (Å²) in [6, 6.07) is 5.01. The normalized spacial score (nSPS) is 21.8. The molecule has 172 valence electrons. The zero-order chi connectivity index (χ0) is 22.8. The Balaban J connectivity index is 1.41. The SMILES string of the molecule is CCN1CCN(C(=O)C2CCC(Cn3c(=O)[nH]c4ccc(OC)cc4c3=O)CC2)CC1=O. The summed E-state index contributed by atoms with van der Waals surface area (Å²) >= 11 is 0. The van der Waals surface area contributed by atoms with Crippen molar-refractivity contribution >= 4 is 22.7 Å². The molecule has 1 aliphatic carbocycles. The zero-order valence-corrected chi connectivity index (χ0v) is 18.6. The molecule has 1 N–H and O–H groups in total. The van der Waals surface area contributed by atoms with Crippen molar-refractivity contribution in [3.8, 4) is 5.75 Å². The Kier molecular flexibility index (Phi) is 6.34. The highest BCUT2D eigenvalue weighted by Gasteiger charge is 2.33. The number of carbonyl (C=O) groups is 2. The summed E-state index contributed by atoms with van der Waals surface area (Å²) in [5.74, 6) is 0.681. The van der Waals surface area contributed by atoms with Crippen LogP contribution < -0.4 is 16.0 Å². The van der Waals surface area contributed by atoms with Gasteiger partial charge in [-0.2, -0.15) is 0 Å². The first kappa shape index (κ1) is 22.1. The number of fused-ring (bicyclic) bond motifs is 1. The molecule has 32 heavy (non-hydrogen) atoms. The van der Waals surface area contributed by atoms with E-state index >= 15 is 0 Å². The summed E-state index contributed by atoms with van der Waals surface area (Å²) in [4.78, 5) is 56.7. The van der Waals surface area contributed by atoms with Crippen LogP contribution in [0.1, 0.15) is 32.6 Å². The maximum atomic E-state index is 12.9. The summed E-state index contributed by atoms with van der Waals surface area (Å²) in [5.41, 5.74) is -0.254. The van der Waals surface area contributed by atoms with E-state index in [1.807, 2.05) is 6.92 Å². The fraction of sp³-hybridized carbons (Fsp3) is 0.565. The van der Waals surface area contributed by atoms with Crippen LogP contribution in [0.15, 0.2) is 27.8 Å². The largest absolute Gasteiger partial charge is 0.497 e. The smallest absolute Gasteiger partial charge is 0.328 e. The lowest BCUT2D eigenvalue weighted by Crippen LogP contribution is -2.53. The third-order valence-corrected chi connectivity index (χ3v) is 6.84. The van der Waals surface area contributed by atoms with E-state index < -0.39 is 5.69 Å². The second-order valence-electron chi connectivity index (χ2n) is 8.71. The third-order valence-electron chi connectivity index (χ3n) is 6.84. The highest BCUT2D eigenvalue weighted by Crippen LogP contribution is 2.31. The number of methoxy groups -OCH3 is 1. The molecule has 2 heterocycles. The Labute approximate surface area is 186 Å². The summed E-state index contributed by atoms with van der Waals surface area (Å²) in [5, 5.41) is 0.420. The van der Waals surface area contributed by atoms with Gasteiger partial charge >= 0.3 is 5.69 Å². The molecule has 2 amide bonds. The Hall–Kier alpha value is -3.10. The summed E-state index contributed by atoms with van der Waals surface area (Å²) < 4.78 is 6.46. The second kappa shape index (κ2) is 9.18. The number of amides is 2. The van der Waals surface area contributed by atoms with Gasteiger partial charge in [0.15, 0.2) is 0 Å². The van der Waals surface area contributed by atoms with E-state index in [0.29, 0.717) is 55.7 Å². The van der Waals surface area contributed by atoms with E-state index in [1.54, 1.807) is 28.0 Å². The molecule has 0 bridgehead atoms. The zero-order valence-electron chi connectivity index (χ0n) is 18.6. The van der Waals surface area contributed by atoms with Crippen molar-refractivity contribution in [2.24, 2.45) is 11.8 Å². The van der Waals surface area contributed by atoms with E-state index in [9.17, 15) is 19.2 Å². The van der Waals surface area contributed by atoms with Crippen molar-refractivity contribution in [1.29, 1.82) is 0 Å². The van der Waals surface area contributed by atoms with E-state index in [4.69, 9.17) is 4.74 Å². The van der Waals surface area contributed by atoms with E-state index in [0.717, 1.165) is 12.8 Å². The molecule has 0 atom stereocenters. The van der Waals surface area contributed by atoms with Gasteiger partial charge in [0.05, 0.1) is 24.6 Å². The van der Waals surface area contributed by atoms with Crippen molar-refractivity contribution in [3.63, 3.8) is 0 Å². The van der Waals surface area contributed by atoms with Crippen LogP contribution in [0.3, 0.4) is 0 Å². The molecule has 9 heteroatoms. The van der Waals surface area contributed by atoms with Crippen LogP contribution in [0.25, 0.3) is 10.9 Å². The van der Waals surface area contributed by atoms with Crippen LogP contribution in [0.2, 0.25) is 0 Å². The van der Waals surface area contributed by atoms with Crippen LogP contribution in [0.4, 0.5) is 0 Å². The van der Waals surface area contributed by atoms with Crippen molar-refractivity contribution in [1.82, 2.24) is 19.4 Å². The Morgan fingerprint density at radius 1 is 1.12 bits per heavy atom. The van der Waals surface area contributed by atoms with Crippen LogP contribution >= 0.6 is 0 Å². The van der Waals surface area contributed by atoms with Crippen molar-refractivity contribution < 1.29 is 14.3 Å². The molecule has 0 unspecified atom stereocenters. The number of rotatable bonds is 5. The van der Waals surface area contributed by atoms with Gasteiger partial charge in [0.2, 0.25) is 11.8 Å². The van der Waals surface area contributed by atoms with Gasteiger partial charge in [0.25, 0.3) is 5.56 Å². The number of benzene rings is 1.